The molecule has 0 fully saturated rings. The second-order valence-electron chi connectivity index (χ2n) is 4.44. The minimum atomic E-state index is -1.34. The summed E-state index contributed by atoms with van der Waals surface area (Å²) < 4.78 is 0. The van der Waals surface area contributed by atoms with Crippen LogP contribution in [0.1, 0.15) is 20.3 Å². The van der Waals surface area contributed by atoms with Crippen molar-refractivity contribution in [2.24, 2.45) is 22.6 Å². The van der Waals surface area contributed by atoms with Crippen LogP contribution in [0.25, 0.3) is 0 Å². The van der Waals surface area contributed by atoms with Crippen LogP contribution in [-0.4, -0.2) is 41.6 Å². The predicted octanol–water partition coefficient (Wildman–Crippen LogP) is -1.63. The summed E-state index contributed by atoms with van der Waals surface area (Å²) in [5.74, 6) is 0. The van der Waals surface area contributed by atoms with Gasteiger partial charge in [-0.25, -0.2) is 0 Å². The largest absolute Gasteiger partial charge is 0.389 e. The normalized spacial score (nSPS) is 19.1. The molecule has 0 bridgehead atoms. The fourth-order valence-electron chi connectivity index (χ4n) is 1.44. The Labute approximate surface area is 85.3 Å². The third kappa shape index (κ3) is 2.90. The Kier molecular flexibility index (Phi) is 4.97. The van der Waals surface area contributed by atoms with Crippen LogP contribution in [-0.2, 0) is 0 Å². The summed E-state index contributed by atoms with van der Waals surface area (Å²) in [5.41, 5.74) is 14.4. The molecule has 0 heterocycles. The average Bonchev–Trinajstić information content (AvgIpc) is 2.17. The Morgan fingerprint density at radius 3 is 1.93 bits per heavy atom. The maximum atomic E-state index is 10.0. The summed E-state index contributed by atoms with van der Waals surface area (Å²) in [7, 11) is 0. The average molecular weight is 205 g/mol. The first kappa shape index (κ1) is 13.8. The van der Waals surface area contributed by atoms with E-state index in [4.69, 9.17) is 17.2 Å². The van der Waals surface area contributed by atoms with Gasteiger partial charge in [-0.15, -0.1) is 0 Å². The van der Waals surface area contributed by atoms with Gasteiger partial charge in [-0.2, -0.15) is 0 Å². The second-order valence-corrected chi connectivity index (χ2v) is 4.44. The molecule has 0 aliphatic rings. The van der Waals surface area contributed by atoms with E-state index >= 15 is 0 Å². The molecule has 0 saturated carbocycles. The van der Waals surface area contributed by atoms with E-state index in [1.165, 1.54) is 0 Å². The second kappa shape index (κ2) is 5.04. The molecule has 5 heteroatoms. The van der Waals surface area contributed by atoms with E-state index in [9.17, 15) is 10.2 Å². The zero-order valence-corrected chi connectivity index (χ0v) is 9.03. The standard InChI is InChI=1S/C9H23N3O2/c1-8(2,5-11)7(13)9(14,6-12)3-4-10/h7,13-14H,3-6,10-12H2,1-2H3. The molecule has 0 aliphatic heterocycles. The summed E-state index contributed by atoms with van der Waals surface area (Å²) in [5, 5.41) is 20.0. The number of hydrogen-bond acceptors (Lipinski definition) is 5. The first-order chi connectivity index (χ1) is 6.34. The third-order valence-corrected chi connectivity index (χ3v) is 2.71. The molecule has 2 unspecified atom stereocenters. The Hall–Kier alpha value is -0.200. The van der Waals surface area contributed by atoms with Crippen LogP contribution in [0.2, 0.25) is 0 Å². The number of rotatable bonds is 6. The number of aliphatic hydroxyl groups is 2. The molecule has 0 rings (SSSR count). The molecule has 5 nitrogen and oxygen atoms in total. The van der Waals surface area contributed by atoms with Crippen molar-refractivity contribution in [3.63, 3.8) is 0 Å². The maximum Gasteiger partial charge on any atom is 0.104 e. The van der Waals surface area contributed by atoms with Gasteiger partial charge >= 0.3 is 0 Å². The summed E-state index contributed by atoms with van der Waals surface area (Å²) in [6.07, 6.45) is -0.692. The summed E-state index contributed by atoms with van der Waals surface area (Å²) >= 11 is 0. The molecular weight excluding hydrogens is 182 g/mol. The van der Waals surface area contributed by atoms with Crippen molar-refractivity contribution in [1.29, 1.82) is 0 Å². The first-order valence-electron chi connectivity index (χ1n) is 4.84. The Balaban J connectivity index is 4.67. The smallest absolute Gasteiger partial charge is 0.104 e. The van der Waals surface area contributed by atoms with Gasteiger partial charge < -0.3 is 27.4 Å². The van der Waals surface area contributed by atoms with Crippen LogP contribution in [0.5, 0.6) is 0 Å². The van der Waals surface area contributed by atoms with Gasteiger partial charge in [0.05, 0.1) is 6.10 Å². The zero-order valence-electron chi connectivity index (χ0n) is 9.03. The van der Waals surface area contributed by atoms with Crippen LogP contribution >= 0.6 is 0 Å². The fraction of sp³-hybridized carbons (Fsp3) is 1.00. The van der Waals surface area contributed by atoms with E-state index in [0.29, 0.717) is 0 Å². The SMILES string of the molecule is CC(C)(CN)C(O)C(O)(CN)CCN. The van der Waals surface area contributed by atoms with Gasteiger partial charge in [-0.1, -0.05) is 13.8 Å². The zero-order chi connectivity index (χ0) is 11.4. The van der Waals surface area contributed by atoms with Crippen molar-refractivity contribution < 1.29 is 10.2 Å². The Bertz CT molecular complexity index is 175. The molecule has 0 spiro atoms. The van der Waals surface area contributed by atoms with Gasteiger partial charge in [0.15, 0.2) is 0 Å². The lowest BCUT2D eigenvalue weighted by Crippen LogP contribution is -2.57. The fourth-order valence-corrected chi connectivity index (χ4v) is 1.44. The lowest BCUT2D eigenvalue weighted by Gasteiger charge is -2.40. The summed E-state index contributed by atoms with van der Waals surface area (Å²) in [4.78, 5) is 0. The van der Waals surface area contributed by atoms with E-state index < -0.39 is 17.1 Å². The molecule has 0 aromatic heterocycles. The predicted molar refractivity (Wildman–Crippen MR) is 56.5 cm³/mol. The van der Waals surface area contributed by atoms with Gasteiger partial charge in [0.25, 0.3) is 0 Å². The van der Waals surface area contributed by atoms with Crippen LogP contribution in [0.3, 0.4) is 0 Å². The Morgan fingerprint density at radius 1 is 1.14 bits per heavy atom. The summed E-state index contributed by atoms with van der Waals surface area (Å²) in [6, 6.07) is 0. The molecule has 0 aromatic carbocycles. The number of hydrogen-bond donors (Lipinski definition) is 5. The molecule has 14 heavy (non-hydrogen) atoms. The highest BCUT2D eigenvalue weighted by molar-refractivity contribution is 4.96. The molecule has 8 N–H and O–H groups in total. The van der Waals surface area contributed by atoms with Crippen molar-refractivity contribution in [2.45, 2.75) is 32.0 Å². The van der Waals surface area contributed by atoms with E-state index in [-0.39, 0.29) is 26.1 Å². The molecular formula is C9H23N3O2. The quantitative estimate of drug-likeness (QED) is 0.357. The van der Waals surface area contributed by atoms with Crippen molar-refractivity contribution in [1.82, 2.24) is 0 Å². The van der Waals surface area contributed by atoms with Crippen molar-refractivity contribution >= 4 is 0 Å². The van der Waals surface area contributed by atoms with Crippen molar-refractivity contribution in [2.75, 3.05) is 19.6 Å². The van der Waals surface area contributed by atoms with E-state index in [0.717, 1.165) is 0 Å². The minimum Gasteiger partial charge on any atom is -0.389 e. The van der Waals surface area contributed by atoms with Crippen LogP contribution in [0.4, 0.5) is 0 Å². The topological polar surface area (TPSA) is 119 Å². The Morgan fingerprint density at radius 2 is 1.64 bits per heavy atom. The van der Waals surface area contributed by atoms with Crippen LogP contribution in [0, 0.1) is 5.41 Å². The third-order valence-electron chi connectivity index (χ3n) is 2.71. The first-order valence-corrected chi connectivity index (χ1v) is 4.84. The minimum absolute atomic E-state index is 0.0191. The van der Waals surface area contributed by atoms with Gasteiger partial charge in [0.2, 0.25) is 0 Å². The molecule has 0 aliphatic carbocycles. The number of nitrogens with two attached hydrogens (primary N) is 3. The monoisotopic (exact) mass is 205 g/mol. The van der Waals surface area contributed by atoms with Crippen molar-refractivity contribution in [3.8, 4) is 0 Å². The molecule has 0 saturated heterocycles. The van der Waals surface area contributed by atoms with E-state index in [2.05, 4.69) is 0 Å². The van der Waals surface area contributed by atoms with Crippen molar-refractivity contribution in [3.05, 3.63) is 0 Å². The highest BCUT2D eigenvalue weighted by Gasteiger charge is 2.42. The maximum absolute atomic E-state index is 10.0. The lowest BCUT2D eigenvalue weighted by atomic mass is 9.75. The van der Waals surface area contributed by atoms with E-state index in [1.54, 1.807) is 13.8 Å². The molecule has 0 aromatic rings. The highest BCUT2D eigenvalue weighted by Crippen LogP contribution is 2.29. The van der Waals surface area contributed by atoms with Crippen LogP contribution in [0.15, 0.2) is 0 Å². The summed E-state index contributed by atoms with van der Waals surface area (Å²) in [6.45, 7) is 4.12. The van der Waals surface area contributed by atoms with Gasteiger partial charge in [0, 0.05) is 18.5 Å². The van der Waals surface area contributed by atoms with Gasteiger partial charge in [0.1, 0.15) is 5.60 Å². The molecule has 0 radical (unpaired) electrons. The van der Waals surface area contributed by atoms with Gasteiger partial charge in [-0.05, 0) is 13.0 Å². The van der Waals surface area contributed by atoms with Gasteiger partial charge in [-0.3, -0.25) is 0 Å². The molecule has 2 atom stereocenters. The molecule has 0 amide bonds. The van der Waals surface area contributed by atoms with Crippen LogP contribution < -0.4 is 17.2 Å². The van der Waals surface area contributed by atoms with E-state index in [1.807, 2.05) is 0 Å². The number of aliphatic hydroxyl groups excluding tert-OH is 1. The molecule has 86 valence electrons. The lowest BCUT2D eigenvalue weighted by molar-refractivity contribution is -0.120. The highest BCUT2D eigenvalue weighted by atomic mass is 16.3.